The average Bonchev–Trinajstić information content (AvgIpc) is 1.60. The summed E-state index contributed by atoms with van der Waals surface area (Å²) in [6.07, 6.45) is -6.27. The fourth-order valence-corrected chi connectivity index (χ4v) is 16.7. The lowest BCUT2D eigenvalue weighted by Crippen LogP contribution is -2.32. The molecule has 23 heteroatoms. The van der Waals surface area contributed by atoms with E-state index in [0.717, 1.165) is 92.4 Å². The Labute approximate surface area is 728 Å². The Kier molecular flexibility index (Phi) is 29.7. The molecule has 0 spiro atoms. The molecule has 16 nitrogen and oxygen atoms in total. The maximum Gasteiger partial charge on any atom is 0.419 e. The highest BCUT2D eigenvalue weighted by Crippen LogP contribution is 2.35. The maximum absolute atomic E-state index is 13.8. The predicted molar refractivity (Wildman–Crippen MR) is 483 cm³/mol. The molecule has 5 atom stereocenters. The van der Waals surface area contributed by atoms with Crippen LogP contribution in [-0.4, -0.2) is 91.4 Å². The molecule has 4 aromatic heterocycles. The number of aryl methyl sites for hydroxylation is 4. The van der Waals surface area contributed by atoms with Gasteiger partial charge in [-0.3, -0.25) is 21.6 Å². The third-order valence-electron chi connectivity index (χ3n) is 23.0. The quantitative estimate of drug-likeness (QED) is 0.0358. The maximum atomic E-state index is 13.8. The number of hydrogen-bond donors (Lipinski definition) is 4. The van der Waals surface area contributed by atoms with Crippen molar-refractivity contribution in [2.24, 2.45) is 0 Å². The summed E-state index contributed by atoms with van der Waals surface area (Å²) < 4.78 is 131. The number of hydrogen-bond acceptors (Lipinski definition) is 8. The number of methoxy groups -OCH3 is 4. The molecule has 0 fully saturated rings. The monoisotopic (exact) mass is 1710 g/mol. The van der Waals surface area contributed by atoms with Crippen LogP contribution in [0.1, 0.15) is 115 Å². The third kappa shape index (κ3) is 21.5. The van der Waals surface area contributed by atoms with Crippen molar-refractivity contribution in [2.45, 2.75) is 122 Å². The SMILES string of the molecule is COC[C@@H](Cc1ccccc1)n1c(=N)n(C(C)c2ccc(C)cc2)c2ccccc21.COC[C@@H](Cc1ccccc1)n1c(=N)n(Cc2ccc(C)cc2)c2ccccc21.COC[C@H](Cc1ccc(C)cc1)n1c(=N)n(Cc2ccc(F)c(C(F)(F)F)c2)c2ccccc21.COC[C@H](Cc1ccc(C)cc1)n1c(=N)n(Cc2cccc(C(F)(F)F)c2)c2ccccc21. The van der Waals surface area contributed by atoms with Gasteiger partial charge in [-0.1, -0.05) is 247 Å². The summed E-state index contributed by atoms with van der Waals surface area (Å²) in [4.78, 5) is 0. The van der Waals surface area contributed by atoms with E-state index in [9.17, 15) is 30.7 Å². The molecule has 4 N–H and O–H groups in total. The van der Waals surface area contributed by atoms with Crippen LogP contribution in [0.2, 0.25) is 0 Å². The van der Waals surface area contributed by atoms with Gasteiger partial charge in [0.2, 0.25) is 22.5 Å². The lowest BCUT2D eigenvalue weighted by Gasteiger charge is -2.20. The van der Waals surface area contributed by atoms with Gasteiger partial charge in [0.15, 0.2) is 0 Å². The van der Waals surface area contributed by atoms with Crippen molar-refractivity contribution in [1.29, 1.82) is 21.6 Å². The molecule has 1 unspecified atom stereocenters. The first-order valence-electron chi connectivity index (χ1n) is 42.0. The average molecular weight is 1710 g/mol. The Morgan fingerprint density at radius 2 is 0.563 bits per heavy atom. The van der Waals surface area contributed by atoms with Gasteiger partial charge < -0.3 is 55.5 Å². The van der Waals surface area contributed by atoms with Crippen molar-refractivity contribution in [3.05, 3.63) is 403 Å². The van der Waals surface area contributed by atoms with Crippen LogP contribution >= 0.6 is 0 Å². The van der Waals surface area contributed by atoms with E-state index in [1.54, 1.807) is 43.6 Å². The van der Waals surface area contributed by atoms with Crippen LogP contribution in [0, 0.1) is 55.1 Å². The zero-order valence-corrected chi connectivity index (χ0v) is 72.3. The lowest BCUT2D eigenvalue weighted by molar-refractivity contribution is -0.140. The van der Waals surface area contributed by atoms with Crippen molar-refractivity contribution >= 4 is 44.1 Å². The van der Waals surface area contributed by atoms with Crippen LogP contribution in [0.5, 0.6) is 0 Å². The highest BCUT2D eigenvalue weighted by atomic mass is 19.4. The lowest BCUT2D eigenvalue weighted by atomic mass is 10.0. The van der Waals surface area contributed by atoms with E-state index in [2.05, 4.69) is 185 Å². The topological polar surface area (TPSA) is 172 Å². The first-order valence-corrected chi connectivity index (χ1v) is 42.0. The second kappa shape index (κ2) is 41.3. The number of ether oxygens (including phenoxy) is 4. The number of aromatic nitrogens is 8. The van der Waals surface area contributed by atoms with Gasteiger partial charge in [0.1, 0.15) is 5.82 Å². The number of alkyl halides is 6. The summed E-state index contributed by atoms with van der Waals surface area (Å²) in [5.41, 5.74) is 19.5. The minimum Gasteiger partial charge on any atom is -0.383 e. The fraction of sp³-hybridized carbons (Fsp3) is 0.262. The Hall–Kier alpha value is -12.9. The summed E-state index contributed by atoms with van der Waals surface area (Å²) >= 11 is 0. The van der Waals surface area contributed by atoms with Crippen LogP contribution in [-0.2, 0) is 76.6 Å². The van der Waals surface area contributed by atoms with Crippen molar-refractivity contribution in [3.8, 4) is 0 Å². The van der Waals surface area contributed by atoms with Crippen LogP contribution in [0.4, 0.5) is 30.7 Å². The molecule has 0 aliphatic rings. The Morgan fingerprint density at radius 1 is 0.286 bits per heavy atom. The molecule has 0 bridgehead atoms. The Bertz CT molecular complexity index is 6560. The van der Waals surface area contributed by atoms with Crippen molar-refractivity contribution in [3.63, 3.8) is 0 Å². The van der Waals surface area contributed by atoms with Crippen molar-refractivity contribution in [1.82, 2.24) is 36.5 Å². The predicted octanol–water partition coefficient (Wildman–Crippen LogP) is 21.6. The molecule has 652 valence electrons. The van der Waals surface area contributed by atoms with E-state index < -0.39 is 29.3 Å². The zero-order valence-electron chi connectivity index (χ0n) is 72.3. The largest absolute Gasteiger partial charge is 0.419 e. The van der Waals surface area contributed by atoms with Gasteiger partial charge in [-0.2, -0.15) is 26.3 Å². The molecule has 0 saturated heterocycles. The molecule has 16 rings (SSSR count). The summed E-state index contributed by atoms with van der Waals surface area (Å²) in [6, 6.07) is 94.1. The molecule has 0 aliphatic heterocycles. The summed E-state index contributed by atoms with van der Waals surface area (Å²) in [5.74, 6) is -1.31. The molecular formula is C103H107F7N12O4. The van der Waals surface area contributed by atoms with Gasteiger partial charge in [0.05, 0.1) is 132 Å². The number of nitrogens with one attached hydrogen (secondary N) is 4. The van der Waals surface area contributed by atoms with Crippen molar-refractivity contribution < 1.29 is 49.7 Å². The zero-order chi connectivity index (χ0) is 89.3. The molecule has 0 amide bonds. The van der Waals surface area contributed by atoms with E-state index >= 15 is 0 Å². The molecule has 126 heavy (non-hydrogen) atoms. The molecular weight excluding hydrogens is 1600 g/mol. The van der Waals surface area contributed by atoms with E-state index in [1.807, 2.05) is 132 Å². The Balaban J connectivity index is 0.000000144. The van der Waals surface area contributed by atoms with Gasteiger partial charge >= 0.3 is 12.4 Å². The molecule has 0 saturated carbocycles. The number of fused-ring (bicyclic) bond motifs is 4. The first-order chi connectivity index (χ1) is 60.7. The minimum atomic E-state index is -4.79. The number of nitrogens with zero attached hydrogens (tertiary/aromatic N) is 8. The number of benzene rings is 12. The molecule has 12 aromatic carbocycles. The van der Waals surface area contributed by atoms with Gasteiger partial charge in [-0.15, -0.1) is 0 Å². The Morgan fingerprint density at radius 3 is 0.913 bits per heavy atom. The summed E-state index contributed by atoms with van der Waals surface area (Å²) in [7, 11) is 6.70. The molecule has 0 aliphatic carbocycles. The van der Waals surface area contributed by atoms with Gasteiger partial charge in [0.25, 0.3) is 0 Å². The second-order valence-corrected chi connectivity index (χ2v) is 32.1. The van der Waals surface area contributed by atoms with Gasteiger partial charge in [0, 0.05) is 28.4 Å². The third-order valence-corrected chi connectivity index (χ3v) is 23.0. The minimum absolute atomic E-state index is 0.0000590. The molecule has 4 heterocycles. The number of rotatable bonds is 28. The molecule has 16 aromatic rings. The van der Waals surface area contributed by atoms with Gasteiger partial charge in [-0.05, 0) is 178 Å². The van der Waals surface area contributed by atoms with Crippen LogP contribution in [0.3, 0.4) is 0 Å². The van der Waals surface area contributed by atoms with Crippen LogP contribution < -0.4 is 22.5 Å². The summed E-state index contributed by atoms with van der Waals surface area (Å²) in [6.45, 7) is 13.1. The summed E-state index contributed by atoms with van der Waals surface area (Å²) in [5, 5.41) is 36.0. The normalized spacial score (nSPS) is 12.9. The molecule has 0 radical (unpaired) electrons. The van der Waals surface area contributed by atoms with Crippen LogP contribution in [0.15, 0.2) is 297 Å². The van der Waals surface area contributed by atoms with E-state index in [-0.39, 0.29) is 60.1 Å². The highest BCUT2D eigenvalue weighted by molar-refractivity contribution is 5.79. The van der Waals surface area contributed by atoms with E-state index in [1.165, 1.54) is 51.1 Å². The second-order valence-electron chi connectivity index (χ2n) is 32.1. The fourth-order valence-electron chi connectivity index (χ4n) is 16.7. The highest BCUT2D eigenvalue weighted by Gasteiger charge is 2.35. The van der Waals surface area contributed by atoms with Crippen molar-refractivity contribution in [2.75, 3.05) is 54.9 Å². The standard InChI is InChI=1S/C26H25F4N3O.C26H26F3N3O.C26H29N3O.C25H27N3O/c1-17-7-9-18(10-8-17)13-20(16-34-2)33-24-6-4-3-5-23(24)32(25(33)31)15-19-11-12-22(27)21(14-19)26(28,29)30;1-18-10-12-19(13-11-18)15-22(17-33-2)32-24-9-4-3-8-23(24)31(25(32)30)16-20-6-5-7-21(14-20)26(27,28)29;1-19-13-15-22(16-14-19)20(2)28-24-11-7-8-12-25(24)29(26(28)27)23(18-30-3)17-21-9-5-4-6-10-21;1-19-12-14-21(15-13-19)17-27-23-10-6-7-11-24(23)28(25(27)26)22(18-29-2)16-20-8-4-3-5-9-20/h3-12,14,20,31H,13,15-16H2,1-2H3;3-14,22,30H,15-17H2,1-2H3;4-16,20,23,27H,17-18H2,1-3H3;3-15,22,26H,16-18H2,1-2H3/t20-;22-;20?,23-;22-/m0011/s1. The number of imidazole rings is 4. The van der Waals surface area contributed by atoms with Gasteiger partial charge in [-0.25, -0.2) is 4.39 Å². The number of para-hydroxylation sites is 8. The van der Waals surface area contributed by atoms with E-state index in [0.29, 0.717) is 68.1 Å². The first kappa shape index (κ1) is 90.8. The van der Waals surface area contributed by atoms with E-state index in [4.69, 9.17) is 40.6 Å². The smallest absolute Gasteiger partial charge is 0.383 e. The van der Waals surface area contributed by atoms with Crippen LogP contribution in [0.25, 0.3) is 44.1 Å². The number of halogens is 7.